The summed E-state index contributed by atoms with van der Waals surface area (Å²) in [5, 5.41) is 8.41. The number of carbonyl (C=O) groups excluding carboxylic acids is 2. The van der Waals surface area contributed by atoms with Crippen LogP contribution in [-0.4, -0.2) is 32.4 Å². The summed E-state index contributed by atoms with van der Waals surface area (Å²) in [4.78, 5) is 40.8. The number of amides is 2. The van der Waals surface area contributed by atoms with Gasteiger partial charge < -0.3 is 19.5 Å². The van der Waals surface area contributed by atoms with Crippen LogP contribution in [0.25, 0.3) is 16.6 Å². The molecule has 212 valence electrons. The smallest absolute Gasteiger partial charge is 0.407 e. The lowest BCUT2D eigenvalue weighted by molar-refractivity contribution is -0.124. The number of alkyl carbamates (subject to hydrolysis) is 1. The molecular formula is C33H31N5O4. The van der Waals surface area contributed by atoms with Gasteiger partial charge in [0.05, 0.1) is 34.9 Å². The second-order valence-electron chi connectivity index (χ2n) is 11.1. The number of aromatic nitrogens is 3. The number of nitrogens with one attached hydrogen (secondary N) is 1. The molecule has 1 N–H and O–H groups in total. The van der Waals surface area contributed by atoms with Crippen molar-refractivity contribution >= 4 is 28.6 Å². The zero-order chi connectivity index (χ0) is 29.4. The highest BCUT2D eigenvalue weighted by molar-refractivity contribution is 6.03. The average Bonchev–Trinajstić information content (AvgIpc) is 3.50. The first-order valence-corrected chi connectivity index (χ1v) is 13.7. The Morgan fingerprint density at radius 2 is 1.62 bits per heavy atom. The molecule has 2 amide bonds. The van der Waals surface area contributed by atoms with E-state index in [1.165, 1.54) is 10.6 Å². The van der Waals surface area contributed by atoms with E-state index in [0.29, 0.717) is 5.69 Å². The molecule has 0 radical (unpaired) electrons. The summed E-state index contributed by atoms with van der Waals surface area (Å²) in [7, 11) is 1.70. The number of hydrogen-bond acceptors (Lipinski definition) is 5. The molecule has 0 bridgehead atoms. The maximum atomic E-state index is 14.1. The Bertz CT molecular complexity index is 1830. The summed E-state index contributed by atoms with van der Waals surface area (Å²) in [6.07, 6.45) is 2.89. The molecule has 5 aromatic rings. The van der Waals surface area contributed by atoms with E-state index in [0.717, 1.165) is 27.7 Å². The van der Waals surface area contributed by atoms with Crippen molar-refractivity contribution in [3.8, 4) is 5.69 Å². The first kappa shape index (κ1) is 27.0. The van der Waals surface area contributed by atoms with Crippen molar-refractivity contribution in [1.82, 2.24) is 19.7 Å². The number of carbonyl (C=O) groups is 2. The van der Waals surface area contributed by atoms with Gasteiger partial charge in [0.15, 0.2) is 0 Å². The minimum atomic E-state index is -0.930. The average molecular weight is 562 g/mol. The fourth-order valence-electron chi connectivity index (χ4n) is 5.61. The number of nitrogens with zero attached hydrogens (tertiary/aromatic N) is 4. The van der Waals surface area contributed by atoms with Gasteiger partial charge in [0.1, 0.15) is 6.61 Å². The van der Waals surface area contributed by atoms with Gasteiger partial charge in [0.25, 0.3) is 0 Å². The summed E-state index contributed by atoms with van der Waals surface area (Å²) in [6.45, 7) is 3.83. The van der Waals surface area contributed by atoms with E-state index in [-0.39, 0.29) is 18.1 Å². The van der Waals surface area contributed by atoms with Crippen molar-refractivity contribution in [2.24, 2.45) is 12.5 Å². The first-order chi connectivity index (χ1) is 20.2. The molecule has 0 spiro atoms. The quantitative estimate of drug-likeness (QED) is 0.310. The van der Waals surface area contributed by atoms with Gasteiger partial charge in [-0.05, 0) is 49.2 Å². The molecule has 9 heteroatoms. The van der Waals surface area contributed by atoms with Gasteiger partial charge in [-0.3, -0.25) is 9.59 Å². The van der Waals surface area contributed by atoms with Crippen LogP contribution in [0.1, 0.15) is 31.0 Å². The Morgan fingerprint density at radius 1 is 0.929 bits per heavy atom. The van der Waals surface area contributed by atoms with Crippen LogP contribution < -0.4 is 15.8 Å². The molecule has 3 heterocycles. The Hall–Kier alpha value is -5.18. The third-order valence-corrected chi connectivity index (χ3v) is 7.91. The molecule has 1 aliphatic rings. The van der Waals surface area contributed by atoms with Crippen molar-refractivity contribution in [3.05, 3.63) is 125 Å². The van der Waals surface area contributed by atoms with Crippen LogP contribution in [0.3, 0.4) is 0 Å². The zero-order valence-electron chi connectivity index (χ0n) is 23.6. The van der Waals surface area contributed by atoms with Crippen LogP contribution in [0.5, 0.6) is 0 Å². The predicted octanol–water partition coefficient (Wildman–Crippen LogP) is 5.13. The SMILES string of the molecule is Cn1cc(-n2ncc3cc(N4C(=O)C(C)(C)C(NC(=O)OCc5ccccc5)C4c4ccccc4)ccc32)ccc1=O. The molecule has 6 rings (SSSR count). The highest BCUT2D eigenvalue weighted by Crippen LogP contribution is 2.47. The number of anilines is 1. The number of hydrogen-bond donors (Lipinski definition) is 1. The Morgan fingerprint density at radius 3 is 2.33 bits per heavy atom. The molecule has 9 nitrogen and oxygen atoms in total. The van der Waals surface area contributed by atoms with Crippen LogP contribution in [-0.2, 0) is 23.2 Å². The van der Waals surface area contributed by atoms with E-state index in [1.54, 1.807) is 35.1 Å². The molecule has 2 unspecified atom stereocenters. The van der Waals surface area contributed by atoms with Crippen molar-refractivity contribution < 1.29 is 14.3 Å². The number of pyridine rings is 1. The fourth-order valence-corrected chi connectivity index (χ4v) is 5.61. The molecule has 0 aliphatic carbocycles. The first-order valence-electron chi connectivity index (χ1n) is 13.7. The van der Waals surface area contributed by atoms with Crippen molar-refractivity contribution in [1.29, 1.82) is 0 Å². The summed E-state index contributed by atoms with van der Waals surface area (Å²) in [5.74, 6) is -0.116. The normalized spacial score (nSPS) is 17.9. The Balaban J connectivity index is 1.35. The van der Waals surface area contributed by atoms with Gasteiger partial charge in [0, 0.05) is 30.4 Å². The van der Waals surface area contributed by atoms with E-state index < -0.39 is 23.6 Å². The highest BCUT2D eigenvalue weighted by Gasteiger charge is 2.55. The summed E-state index contributed by atoms with van der Waals surface area (Å²) < 4.78 is 8.81. The van der Waals surface area contributed by atoms with Crippen molar-refractivity contribution in [2.45, 2.75) is 32.5 Å². The number of rotatable bonds is 6. The number of ether oxygens (including phenoxy) is 1. The summed E-state index contributed by atoms with van der Waals surface area (Å²) >= 11 is 0. The van der Waals surface area contributed by atoms with E-state index in [1.807, 2.05) is 92.7 Å². The lowest BCUT2D eigenvalue weighted by atomic mass is 9.82. The van der Waals surface area contributed by atoms with Gasteiger partial charge in [-0.2, -0.15) is 5.10 Å². The highest BCUT2D eigenvalue weighted by atomic mass is 16.5. The third kappa shape index (κ3) is 4.83. The van der Waals surface area contributed by atoms with Crippen LogP contribution >= 0.6 is 0 Å². The molecule has 1 aliphatic heterocycles. The molecule has 2 atom stereocenters. The monoisotopic (exact) mass is 561 g/mol. The lowest BCUT2D eigenvalue weighted by Crippen LogP contribution is -2.46. The molecule has 3 aromatic carbocycles. The topological polar surface area (TPSA) is 98.5 Å². The third-order valence-electron chi connectivity index (χ3n) is 7.91. The van der Waals surface area contributed by atoms with E-state index in [9.17, 15) is 14.4 Å². The van der Waals surface area contributed by atoms with Gasteiger partial charge in [0.2, 0.25) is 11.5 Å². The maximum absolute atomic E-state index is 14.1. The van der Waals surface area contributed by atoms with Crippen LogP contribution in [0.15, 0.2) is 108 Å². The second-order valence-corrected chi connectivity index (χ2v) is 11.1. The van der Waals surface area contributed by atoms with Gasteiger partial charge in [-0.15, -0.1) is 0 Å². The maximum Gasteiger partial charge on any atom is 0.407 e. The van der Waals surface area contributed by atoms with Crippen molar-refractivity contribution in [2.75, 3.05) is 4.90 Å². The van der Waals surface area contributed by atoms with Crippen molar-refractivity contribution in [3.63, 3.8) is 0 Å². The van der Waals surface area contributed by atoms with Crippen LogP contribution in [0, 0.1) is 5.41 Å². The minimum Gasteiger partial charge on any atom is -0.445 e. The second kappa shape index (κ2) is 10.7. The van der Waals surface area contributed by atoms with Gasteiger partial charge in [-0.25, -0.2) is 9.48 Å². The molecule has 2 aromatic heterocycles. The number of aryl methyl sites for hydroxylation is 1. The fraction of sp³-hybridized carbons (Fsp3) is 0.212. The number of benzene rings is 3. The Labute approximate surface area is 243 Å². The zero-order valence-corrected chi connectivity index (χ0v) is 23.6. The van der Waals surface area contributed by atoms with E-state index in [4.69, 9.17) is 4.74 Å². The predicted molar refractivity (Wildman–Crippen MR) is 160 cm³/mol. The minimum absolute atomic E-state index is 0.105. The molecule has 0 saturated carbocycles. The molecular weight excluding hydrogens is 530 g/mol. The lowest BCUT2D eigenvalue weighted by Gasteiger charge is -2.30. The van der Waals surface area contributed by atoms with E-state index >= 15 is 0 Å². The van der Waals surface area contributed by atoms with Gasteiger partial charge >= 0.3 is 6.09 Å². The largest absolute Gasteiger partial charge is 0.445 e. The standard InChI is InChI=1S/C33H31N5O4/c1-33(2)30(35-32(41)42-21-22-10-6-4-7-11-22)29(23-12-8-5-9-13-23)37(31(33)40)25-14-16-27-24(18-25)19-34-38(27)26-15-17-28(39)36(3)20-26/h4-20,29-30H,21H2,1-3H3,(H,35,41). The van der Waals surface area contributed by atoms with Crippen LogP contribution in [0.4, 0.5) is 10.5 Å². The molecule has 42 heavy (non-hydrogen) atoms. The van der Waals surface area contributed by atoms with Crippen LogP contribution in [0.2, 0.25) is 0 Å². The Kier molecular flexibility index (Phi) is 6.86. The van der Waals surface area contributed by atoms with E-state index in [2.05, 4.69) is 10.4 Å². The summed E-state index contributed by atoms with van der Waals surface area (Å²) in [5.41, 5.74) is 3.01. The van der Waals surface area contributed by atoms with Gasteiger partial charge in [-0.1, -0.05) is 60.7 Å². The summed E-state index contributed by atoms with van der Waals surface area (Å²) in [6, 6.07) is 27.1. The number of fused-ring (bicyclic) bond motifs is 1. The molecule has 1 saturated heterocycles. The molecule has 1 fully saturated rings.